The zero-order valence-corrected chi connectivity index (χ0v) is 16.5. The highest BCUT2D eigenvalue weighted by molar-refractivity contribution is 5.94. The maximum atomic E-state index is 14.7. The van der Waals surface area contributed by atoms with Crippen molar-refractivity contribution in [2.45, 2.75) is 19.1 Å². The smallest absolute Gasteiger partial charge is 0.414 e. The first-order valence-electron chi connectivity index (χ1n) is 10.0. The van der Waals surface area contributed by atoms with Crippen LogP contribution in [0.15, 0.2) is 48.5 Å². The number of hydrogen-bond donors (Lipinski definition) is 1. The van der Waals surface area contributed by atoms with Crippen molar-refractivity contribution in [2.24, 2.45) is 0 Å². The van der Waals surface area contributed by atoms with Gasteiger partial charge in [-0.15, -0.1) is 0 Å². The van der Waals surface area contributed by atoms with Gasteiger partial charge in [0.2, 0.25) is 0 Å². The van der Waals surface area contributed by atoms with E-state index in [0.717, 1.165) is 0 Å². The number of benzene rings is 2. The number of carbonyl (C=O) groups is 1. The summed E-state index contributed by atoms with van der Waals surface area (Å²) in [6, 6.07) is 15.1. The Labute approximate surface area is 170 Å². The lowest BCUT2D eigenvalue weighted by molar-refractivity contribution is 0.122. The standard InChI is InChI=1S/C22H26FN3O3/c1-16(17-6-3-2-4-7-17)24-14-18-15-26(22(27)29-18)20-9-5-8-19(23)21(20)25-10-12-28-13-11-25/h2-9,16,18,24H,10-15H2,1H3/t16-,18-/m0/s1. The first-order valence-corrected chi connectivity index (χ1v) is 10.0. The predicted octanol–water partition coefficient (Wildman–Crippen LogP) is 3.34. The van der Waals surface area contributed by atoms with E-state index in [1.807, 2.05) is 23.1 Å². The summed E-state index contributed by atoms with van der Waals surface area (Å²) in [6.07, 6.45) is -0.737. The molecule has 0 saturated carbocycles. The van der Waals surface area contributed by atoms with E-state index < -0.39 is 6.09 Å². The summed E-state index contributed by atoms with van der Waals surface area (Å²) in [4.78, 5) is 16.0. The van der Waals surface area contributed by atoms with E-state index in [9.17, 15) is 9.18 Å². The number of anilines is 2. The van der Waals surface area contributed by atoms with Crippen LogP contribution < -0.4 is 15.1 Å². The average Bonchev–Trinajstić information content (AvgIpc) is 3.13. The Kier molecular flexibility index (Phi) is 5.97. The molecule has 154 valence electrons. The minimum absolute atomic E-state index is 0.141. The Morgan fingerprint density at radius 1 is 1.14 bits per heavy atom. The van der Waals surface area contributed by atoms with E-state index in [0.29, 0.717) is 50.8 Å². The van der Waals surface area contributed by atoms with Gasteiger partial charge >= 0.3 is 6.09 Å². The number of cyclic esters (lactones) is 1. The summed E-state index contributed by atoms with van der Waals surface area (Å²) in [5.74, 6) is -0.337. The molecule has 2 aromatic carbocycles. The molecule has 0 bridgehead atoms. The van der Waals surface area contributed by atoms with Gasteiger partial charge in [-0.05, 0) is 24.6 Å². The Morgan fingerprint density at radius 2 is 1.90 bits per heavy atom. The molecule has 6 nitrogen and oxygen atoms in total. The highest BCUT2D eigenvalue weighted by Crippen LogP contribution is 2.35. The monoisotopic (exact) mass is 399 g/mol. The van der Waals surface area contributed by atoms with Gasteiger partial charge in [-0.2, -0.15) is 0 Å². The summed E-state index contributed by atoms with van der Waals surface area (Å²) >= 11 is 0. The number of nitrogens with one attached hydrogen (secondary N) is 1. The fraction of sp³-hybridized carbons (Fsp3) is 0.409. The van der Waals surface area contributed by atoms with Crippen LogP contribution in [0.5, 0.6) is 0 Å². The molecule has 0 radical (unpaired) electrons. The van der Waals surface area contributed by atoms with Crippen LogP contribution in [0, 0.1) is 5.82 Å². The van der Waals surface area contributed by atoms with Gasteiger partial charge < -0.3 is 19.7 Å². The highest BCUT2D eigenvalue weighted by atomic mass is 19.1. The van der Waals surface area contributed by atoms with Crippen LogP contribution in [0.3, 0.4) is 0 Å². The number of carbonyl (C=O) groups excluding carboxylic acids is 1. The van der Waals surface area contributed by atoms with E-state index in [1.54, 1.807) is 12.1 Å². The molecule has 2 aromatic rings. The largest absolute Gasteiger partial charge is 0.443 e. The maximum Gasteiger partial charge on any atom is 0.414 e. The fourth-order valence-corrected chi connectivity index (χ4v) is 3.81. The summed E-state index contributed by atoms with van der Waals surface area (Å²) in [5, 5.41) is 3.42. The second-order valence-electron chi connectivity index (χ2n) is 7.36. The predicted molar refractivity (Wildman–Crippen MR) is 110 cm³/mol. The molecule has 2 heterocycles. The number of morpholine rings is 1. The summed E-state index contributed by atoms with van der Waals surface area (Å²) < 4.78 is 25.6. The van der Waals surface area contributed by atoms with Crippen molar-refractivity contribution in [1.82, 2.24) is 5.32 Å². The number of ether oxygens (including phenoxy) is 2. The van der Waals surface area contributed by atoms with E-state index >= 15 is 0 Å². The minimum atomic E-state index is -0.440. The van der Waals surface area contributed by atoms with Gasteiger partial charge in [0.15, 0.2) is 0 Å². The summed E-state index contributed by atoms with van der Waals surface area (Å²) in [5.41, 5.74) is 2.17. The van der Waals surface area contributed by atoms with Crippen molar-refractivity contribution >= 4 is 17.5 Å². The topological polar surface area (TPSA) is 54.0 Å². The highest BCUT2D eigenvalue weighted by Gasteiger charge is 2.35. The summed E-state index contributed by atoms with van der Waals surface area (Å²) in [6.45, 7) is 5.26. The number of hydrogen-bond acceptors (Lipinski definition) is 5. The molecule has 0 aliphatic carbocycles. The van der Waals surface area contributed by atoms with Gasteiger partial charge in [0.25, 0.3) is 0 Å². The lowest BCUT2D eigenvalue weighted by atomic mass is 10.1. The number of halogens is 1. The first kappa shape index (κ1) is 19.7. The number of nitrogens with zero attached hydrogens (tertiary/aromatic N) is 2. The first-order chi connectivity index (χ1) is 14.1. The van der Waals surface area contributed by atoms with Crippen LogP contribution in [0.1, 0.15) is 18.5 Å². The molecular formula is C22H26FN3O3. The Morgan fingerprint density at radius 3 is 2.66 bits per heavy atom. The molecule has 2 fully saturated rings. The lowest BCUT2D eigenvalue weighted by Gasteiger charge is -2.32. The van der Waals surface area contributed by atoms with Gasteiger partial charge in [-0.1, -0.05) is 36.4 Å². The van der Waals surface area contributed by atoms with Crippen LogP contribution in [0.25, 0.3) is 0 Å². The SMILES string of the molecule is C[C@H](NC[C@H]1CN(c2cccc(F)c2N2CCOCC2)C(=O)O1)c1ccccc1. The molecule has 2 saturated heterocycles. The molecule has 2 atom stereocenters. The van der Waals surface area contributed by atoms with Crippen LogP contribution in [-0.2, 0) is 9.47 Å². The van der Waals surface area contributed by atoms with E-state index in [2.05, 4.69) is 24.4 Å². The van der Waals surface area contributed by atoms with Gasteiger partial charge in [0, 0.05) is 25.7 Å². The third-order valence-corrected chi connectivity index (χ3v) is 5.41. The normalized spacial score (nSPS) is 20.6. The second kappa shape index (κ2) is 8.80. The van der Waals surface area contributed by atoms with E-state index in [4.69, 9.17) is 9.47 Å². The fourth-order valence-electron chi connectivity index (χ4n) is 3.81. The average molecular weight is 399 g/mol. The van der Waals surface area contributed by atoms with Crippen molar-refractivity contribution in [3.05, 3.63) is 59.9 Å². The molecule has 0 aromatic heterocycles. The third kappa shape index (κ3) is 4.36. The van der Waals surface area contributed by atoms with Gasteiger partial charge in [0.1, 0.15) is 11.9 Å². The maximum absolute atomic E-state index is 14.7. The number of para-hydroxylation sites is 1. The van der Waals surface area contributed by atoms with E-state index in [1.165, 1.54) is 16.5 Å². The quantitative estimate of drug-likeness (QED) is 0.808. The Bertz CT molecular complexity index is 842. The molecule has 7 heteroatoms. The van der Waals surface area contributed by atoms with Crippen molar-refractivity contribution in [3.8, 4) is 0 Å². The molecule has 2 aliphatic rings. The number of rotatable bonds is 6. The molecule has 29 heavy (non-hydrogen) atoms. The Balaban J connectivity index is 1.45. The van der Waals surface area contributed by atoms with E-state index in [-0.39, 0.29) is 18.0 Å². The molecule has 0 spiro atoms. The number of amides is 1. The zero-order valence-electron chi connectivity index (χ0n) is 16.5. The van der Waals surface area contributed by atoms with Crippen LogP contribution in [-0.4, -0.2) is 51.6 Å². The van der Waals surface area contributed by atoms with Crippen molar-refractivity contribution < 1.29 is 18.7 Å². The molecule has 1 N–H and O–H groups in total. The van der Waals surface area contributed by atoms with Crippen LogP contribution >= 0.6 is 0 Å². The van der Waals surface area contributed by atoms with Crippen LogP contribution in [0.4, 0.5) is 20.6 Å². The van der Waals surface area contributed by atoms with Gasteiger partial charge in [-0.25, -0.2) is 9.18 Å². The Hall–Kier alpha value is -2.64. The molecule has 4 rings (SSSR count). The van der Waals surface area contributed by atoms with Crippen LogP contribution in [0.2, 0.25) is 0 Å². The zero-order chi connectivity index (χ0) is 20.2. The lowest BCUT2D eigenvalue weighted by Crippen LogP contribution is -2.38. The second-order valence-corrected chi connectivity index (χ2v) is 7.36. The molecule has 0 unspecified atom stereocenters. The van der Waals surface area contributed by atoms with Crippen molar-refractivity contribution in [3.63, 3.8) is 0 Å². The van der Waals surface area contributed by atoms with Gasteiger partial charge in [0.05, 0.1) is 31.1 Å². The van der Waals surface area contributed by atoms with Crippen molar-refractivity contribution in [1.29, 1.82) is 0 Å². The van der Waals surface area contributed by atoms with Gasteiger partial charge in [-0.3, -0.25) is 4.90 Å². The molecular weight excluding hydrogens is 373 g/mol. The third-order valence-electron chi connectivity index (χ3n) is 5.41. The molecule has 1 amide bonds. The minimum Gasteiger partial charge on any atom is -0.443 e. The summed E-state index contributed by atoms with van der Waals surface area (Å²) in [7, 11) is 0. The molecule has 2 aliphatic heterocycles. The van der Waals surface area contributed by atoms with Crippen molar-refractivity contribution in [2.75, 3.05) is 49.2 Å².